The van der Waals surface area contributed by atoms with Gasteiger partial charge in [0.05, 0.1) is 43.7 Å². The maximum Gasteiger partial charge on any atom is 0.414 e. The largest absolute Gasteiger partial charge is 0.468 e. The zero-order valence-electron chi connectivity index (χ0n) is 25.7. The number of hydrogen-bond acceptors (Lipinski definition) is 7. The Kier molecular flexibility index (Phi) is 10.7. The molecule has 3 atom stereocenters. The van der Waals surface area contributed by atoms with Gasteiger partial charge in [-0.25, -0.2) is 4.79 Å². The number of rotatable bonds is 11. The molecule has 0 fully saturated rings. The Morgan fingerprint density at radius 2 is 1.82 bits per heavy atom. The van der Waals surface area contributed by atoms with E-state index in [1.54, 1.807) is 12.0 Å². The zero-order valence-corrected chi connectivity index (χ0v) is 27.7. The molecule has 224 valence electrons. The quantitative estimate of drug-likeness (QED) is 0.195. The molecule has 2 aliphatic heterocycles. The summed E-state index contributed by atoms with van der Waals surface area (Å²) in [5, 5.41) is 3.09. The highest BCUT2D eigenvalue weighted by atomic mass is 28.4. The van der Waals surface area contributed by atoms with Gasteiger partial charge in [0, 0.05) is 20.7 Å². The summed E-state index contributed by atoms with van der Waals surface area (Å²) in [6.45, 7) is 19.0. The van der Waals surface area contributed by atoms with Crippen molar-refractivity contribution in [2.75, 3.05) is 38.6 Å². The molecule has 3 rings (SSSR count). The molecule has 0 saturated carbocycles. The van der Waals surface area contributed by atoms with Crippen LogP contribution in [-0.2, 0) is 23.4 Å². The summed E-state index contributed by atoms with van der Waals surface area (Å²) < 4.78 is 29.3. The molecular formula is C29H48N2O7Si2. The summed E-state index contributed by atoms with van der Waals surface area (Å²) in [6, 6.07) is 5.59. The zero-order chi connectivity index (χ0) is 29.7. The van der Waals surface area contributed by atoms with Crippen molar-refractivity contribution in [2.24, 2.45) is 0 Å². The van der Waals surface area contributed by atoms with Crippen molar-refractivity contribution in [3.8, 4) is 5.75 Å². The Labute approximate surface area is 241 Å². The molecule has 0 aromatic heterocycles. The lowest BCUT2D eigenvalue weighted by Crippen LogP contribution is -2.61. The van der Waals surface area contributed by atoms with Crippen LogP contribution in [0.25, 0.3) is 0 Å². The van der Waals surface area contributed by atoms with E-state index in [1.807, 2.05) is 24.3 Å². The highest BCUT2D eigenvalue weighted by Crippen LogP contribution is 2.46. The lowest BCUT2D eigenvalue weighted by Gasteiger charge is -2.50. The summed E-state index contributed by atoms with van der Waals surface area (Å²) in [4.78, 5) is 28.4. The Bertz CT molecular complexity index is 1070. The number of carbonyl (C=O) groups is 2. The molecule has 1 aromatic rings. The van der Waals surface area contributed by atoms with Gasteiger partial charge < -0.3 is 28.7 Å². The molecule has 2 amide bonds. The number of ether oxygens (including phenoxy) is 4. The van der Waals surface area contributed by atoms with Crippen LogP contribution in [0.4, 0.5) is 10.5 Å². The van der Waals surface area contributed by atoms with Crippen molar-refractivity contribution in [1.29, 1.82) is 0 Å². The van der Waals surface area contributed by atoms with E-state index in [-0.39, 0.29) is 23.8 Å². The van der Waals surface area contributed by atoms with Gasteiger partial charge in [0.15, 0.2) is 15.1 Å². The topological polar surface area (TPSA) is 95.6 Å². The van der Waals surface area contributed by atoms with Gasteiger partial charge in [-0.15, -0.1) is 0 Å². The monoisotopic (exact) mass is 592 g/mol. The molecule has 0 aliphatic carbocycles. The molecule has 11 heteroatoms. The Hall–Kier alpha value is -2.19. The molecule has 1 aromatic carbocycles. The molecule has 0 unspecified atom stereocenters. The number of nitrogens with zero attached hydrogens (tertiary/aromatic N) is 1. The third-order valence-electron chi connectivity index (χ3n) is 7.83. The molecule has 9 nitrogen and oxygen atoms in total. The molecule has 2 heterocycles. The minimum absolute atomic E-state index is 0.0525. The van der Waals surface area contributed by atoms with E-state index in [0.717, 1.165) is 11.6 Å². The average molecular weight is 593 g/mol. The lowest BCUT2D eigenvalue weighted by molar-refractivity contribution is -0.118. The molecular weight excluding hydrogens is 544 g/mol. The normalized spacial score (nSPS) is 22.1. The van der Waals surface area contributed by atoms with E-state index in [2.05, 4.69) is 58.8 Å². The first-order valence-corrected chi connectivity index (χ1v) is 20.7. The van der Waals surface area contributed by atoms with E-state index in [4.69, 9.17) is 23.4 Å². The van der Waals surface area contributed by atoms with Gasteiger partial charge in [0.1, 0.15) is 5.75 Å². The van der Waals surface area contributed by atoms with Crippen molar-refractivity contribution in [2.45, 2.75) is 89.2 Å². The van der Waals surface area contributed by atoms with E-state index in [9.17, 15) is 9.59 Å². The molecule has 0 saturated heterocycles. The molecule has 0 spiro atoms. The number of nitrogens with one attached hydrogen (secondary N) is 1. The van der Waals surface area contributed by atoms with Gasteiger partial charge in [-0.3, -0.25) is 9.69 Å². The van der Waals surface area contributed by atoms with Crippen molar-refractivity contribution in [3.05, 3.63) is 35.9 Å². The predicted octanol–water partition coefficient (Wildman–Crippen LogP) is 5.86. The van der Waals surface area contributed by atoms with Crippen LogP contribution in [0.1, 0.15) is 38.8 Å². The summed E-state index contributed by atoms with van der Waals surface area (Å²) in [5.74, 6) is 0.373. The lowest BCUT2D eigenvalue weighted by atomic mass is 9.86. The van der Waals surface area contributed by atoms with E-state index in [1.165, 1.54) is 6.08 Å². The molecule has 1 N–H and O–H groups in total. The maximum atomic E-state index is 13.8. The number of carbonyl (C=O) groups excluding carboxylic acids is 2. The van der Waals surface area contributed by atoms with Gasteiger partial charge in [-0.2, -0.15) is 0 Å². The van der Waals surface area contributed by atoms with E-state index >= 15 is 0 Å². The Balaban J connectivity index is 2.04. The number of hydrogen-bond donors (Lipinski definition) is 1. The average Bonchev–Trinajstić information content (AvgIpc) is 2.83. The van der Waals surface area contributed by atoms with Crippen molar-refractivity contribution >= 4 is 34.1 Å². The fourth-order valence-electron chi connectivity index (χ4n) is 4.45. The summed E-state index contributed by atoms with van der Waals surface area (Å²) in [7, 11) is -2.10. The van der Waals surface area contributed by atoms with Gasteiger partial charge >= 0.3 is 6.09 Å². The number of fused-ring (bicyclic) bond motifs is 4. The van der Waals surface area contributed by atoms with Crippen LogP contribution in [0, 0.1) is 0 Å². The highest BCUT2D eigenvalue weighted by molar-refractivity contribution is 6.76. The van der Waals surface area contributed by atoms with Gasteiger partial charge in [-0.05, 0) is 54.9 Å². The van der Waals surface area contributed by atoms with Crippen LogP contribution < -0.4 is 15.0 Å². The summed E-state index contributed by atoms with van der Waals surface area (Å²) >= 11 is 0. The summed E-state index contributed by atoms with van der Waals surface area (Å²) in [6.07, 6.45) is 2.95. The van der Waals surface area contributed by atoms with Crippen molar-refractivity contribution in [3.63, 3.8) is 0 Å². The molecule has 2 aliphatic rings. The second-order valence-electron chi connectivity index (χ2n) is 13.2. The minimum atomic E-state index is -2.31. The van der Waals surface area contributed by atoms with Crippen LogP contribution >= 0.6 is 0 Å². The number of amides is 2. The third kappa shape index (κ3) is 8.19. The van der Waals surface area contributed by atoms with Crippen LogP contribution in [0.3, 0.4) is 0 Å². The number of methoxy groups -OCH3 is 1. The van der Waals surface area contributed by atoms with Gasteiger partial charge in [-0.1, -0.05) is 46.5 Å². The van der Waals surface area contributed by atoms with Crippen LogP contribution in [0.2, 0.25) is 43.8 Å². The molecule has 0 radical (unpaired) electrons. The fraction of sp³-hybridized carbons (Fsp3) is 0.655. The minimum Gasteiger partial charge on any atom is -0.468 e. The van der Waals surface area contributed by atoms with Crippen molar-refractivity contribution < 1.29 is 33.0 Å². The fourth-order valence-corrected chi connectivity index (χ4v) is 6.49. The number of benzene rings is 1. The first-order chi connectivity index (χ1) is 18.6. The van der Waals surface area contributed by atoms with Crippen LogP contribution in [0.5, 0.6) is 5.75 Å². The third-order valence-corrected chi connectivity index (χ3v) is 14.0. The summed E-state index contributed by atoms with van der Waals surface area (Å²) in [5.41, 5.74) is 1.44. The number of anilines is 1. The second kappa shape index (κ2) is 13.2. The van der Waals surface area contributed by atoms with Crippen LogP contribution in [-0.4, -0.2) is 74.3 Å². The van der Waals surface area contributed by atoms with E-state index in [0.29, 0.717) is 37.7 Å². The standard InChI is InChI=1S/C29H48N2O7Si2/c1-29(2,3)40(8,9)38-27-24-11-10-12-25(32)30-26(27)22-19-21(37-20-35-16-15-34-4)13-14-23(22)31(24)28(33)36-17-18-39(5,6)7/h10,12-14,19,24,26-27H,11,15-18,20H2,1-9H3,(H,30,32)/b12-10-/t24-,26-,27-/m0/s1. The molecule has 2 bridgehead atoms. The van der Waals surface area contributed by atoms with Gasteiger partial charge in [0.25, 0.3) is 0 Å². The van der Waals surface area contributed by atoms with Crippen molar-refractivity contribution in [1.82, 2.24) is 5.32 Å². The first-order valence-electron chi connectivity index (χ1n) is 14.1. The second-order valence-corrected chi connectivity index (χ2v) is 23.6. The smallest absolute Gasteiger partial charge is 0.414 e. The predicted molar refractivity (Wildman–Crippen MR) is 162 cm³/mol. The Morgan fingerprint density at radius 1 is 1.10 bits per heavy atom. The first kappa shape index (κ1) is 32.3. The SMILES string of the molecule is COCCOCOc1ccc2c(c1)[C@@H]1NC(=O)/C=C\C[C@@H]([C@@H]1O[Si](C)(C)C(C)(C)C)N2C(=O)OCC[Si](C)(C)C. The molecule has 40 heavy (non-hydrogen) atoms. The highest BCUT2D eigenvalue weighted by Gasteiger charge is 2.50. The van der Waals surface area contributed by atoms with Crippen LogP contribution in [0.15, 0.2) is 30.4 Å². The van der Waals surface area contributed by atoms with Gasteiger partial charge in [0.2, 0.25) is 5.91 Å². The van der Waals surface area contributed by atoms with E-state index < -0.39 is 34.6 Å². The Morgan fingerprint density at radius 3 is 2.48 bits per heavy atom. The maximum absolute atomic E-state index is 13.8.